The van der Waals surface area contributed by atoms with Crippen molar-refractivity contribution in [3.63, 3.8) is 0 Å². The number of nitrogens with one attached hydrogen (secondary N) is 1. The van der Waals surface area contributed by atoms with Crippen molar-refractivity contribution >= 4 is 15.8 Å². The highest BCUT2D eigenvalue weighted by atomic mass is 32.2. The number of sulfonamides is 1. The van der Waals surface area contributed by atoms with Crippen molar-refractivity contribution in [2.45, 2.75) is 51.2 Å². The first-order valence-electron chi connectivity index (χ1n) is 10.6. The van der Waals surface area contributed by atoms with Crippen LogP contribution in [0.3, 0.4) is 0 Å². The smallest absolute Gasteiger partial charge is 0.293 e. The van der Waals surface area contributed by atoms with Gasteiger partial charge in [0, 0.05) is 12.0 Å². The van der Waals surface area contributed by atoms with Crippen LogP contribution in [0.15, 0.2) is 29.2 Å². The van der Waals surface area contributed by atoms with E-state index < -0.39 is 10.0 Å². The molecule has 2 aromatic rings. The minimum Gasteiger partial charge on any atom is -0.370 e. The summed E-state index contributed by atoms with van der Waals surface area (Å²) in [7, 11) is -3.52. The number of aromatic amines is 1. The molecule has 1 aromatic carbocycles. The molecule has 2 aliphatic rings. The molecule has 164 valence electrons. The van der Waals surface area contributed by atoms with Crippen molar-refractivity contribution in [2.24, 2.45) is 0 Å². The van der Waals surface area contributed by atoms with Gasteiger partial charge in [0.25, 0.3) is 5.82 Å². The molecule has 31 heavy (non-hydrogen) atoms. The summed E-state index contributed by atoms with van der Waals surface area (Å²) in [4.78, 5) is 5.81. The van der Waals surface area contributed by atoms with Crippen LogP contribution >= 0.6 is 0 Å². The lowest BCUT2D eigenvalue weighted by atomic mass is 9.88. The van der Waals surface area contributed by atoms with Gasteiger partial charge in [-0.2, -0.15) is 9.57 Å². The topological polar surface area (TPSA) is 87.8 Å². The van der Waals surface area contributed by atoms with Gasteiger partial charge in [-0.05, 0) is 45.4 Å². The number of rotatable bonds is 3. The molecule has 0 atom stereocenters. The van der Waals surface area contributed by atoms with Gasteiger partial charge in [0.1, 0.15) is 17.3 Å². The Labute approximate surface area is 184 Å². The standard InChI is InChI=1S/C23H28N4O3S/c1-16-5-7-18(8-6-16)31(28,29)27-11-9-26(10-12-27)22-20(14-24)19-13-23(3,4)30-15-21(19)17(2)25-22/h5-8H,9-13,15H2,1-4H3/p+1. The van der Waals surface area contributed by atoms with Crippen LogP contribution in [0.2, 0.25) is 0 Å². The Kier molecular flexibility index (Phi) is 5.54. The molecular formula is C23H29N4O3S+. The van der Waals surface area contributed by atoms with E-state index in [9.17, 15) is 13.7 Å². The number of aromatic nitrogens is 1. The summed E-state index contributed by atoms with van der Waals surface area (Å²) in [6.07, 6.45) is 0.676. The van der Waals surface area contributed by atoms with Crippen molar-refractivity contribution in [1.29, 1.82) is 5.26 Å². The Morgan fingerprint density at radius 3 is 2.32 bits per heavy atom. The molecular weight excluding hydrogens is 412 g/mol. The average molecular weight is 442 g/mol. The lowest BCUT2D eigenvalue weighted by Gasteiger charge is -2.34. The third kappa shape index (κ3) is 4.05. The van der Waals surface area contributed by atoms with Gasteiger partial charge in [-0.3, -0.25) is 4.90 Å². The summed E-state index contributed by atoms with van der Waals surface area (Å²) in [5.41, 5.74) is 4.45. The Morgan fingerprint density at radius 2 is 1.71 bits per heavy atom. The lowest BCUT2D eigenvalue weighted by molar-refractivity contribution is -0.376. The van der Waals surface area contributed by atoms with Gasteiger partial charge in [0.2, 0.25) is 10.0 Å². The van der Waals surface area contributed by atoms with Crippen molar-refractivity contribution in [2.75, 3.05) is 31.1 Å². The fourth-order valence-corrected chi connectivity index (χ4v) is 5.76. The number of pyridine rings is 1. The van der Waals surface area contributed by atoms with E-state index in [2.05, 4.69) is 16.0 Å². The van der Waals surface area contributed by atoms with E-state index in [4.69, 9.17) is 4.74 Å². The summed E-state index contributed by atoms with van der Waals surface area (Å²) in [5, 5.41) is 9.97. The summed E-state index contributed by atoms with van der Waals surface area (Å²) < 4.78 is 33.5. The van der Waals surface area contributed by atoms with Gasteiger partial charge in [-0.1, -0.05) is 17.7 Å². The Bertz CT molecular complexity index is 1140. The van der Waals surface area contributed by atoms with Crippen LogP contribution < -0.4 is 9.88 Å². The maximum Gasteiger partial charge on any atom is 0.293 e. The molecule has 0 radical (unpaired) electrons. The SMILES string of the molecule is Cc1ccc(S(=O)(=O)N2CCN(c3[nH+]c(C)c4c(c3C#N)CC(C)(C)OC4)CC2)cc1. The number of ether oxygens (including phenoxy) is 1. The van der Waals surface area contributed by atoms with Gasteiger partial charge in [0.15, 0.2) is 0 Å². The zero-order valence-electron chi connectivity index (χ0n) is 18.5. The molecule has 3 heterocycles. The minimum atomic E-state index is -3.52. The average Bonchev–Trinajstić information content (AvgIpc) is 2.73. The van der Waals surface area contributed by atoms with Gasteiger partial charge >= 0.3 is 0 Å². The Morgan fingerprint density at radius 1 is 1.06 bits per heavy atom. The highest BCUT2D eigenvalue weighted by Gasteiger charge is 2.37. The van der Waals surface area contributed by atoms with E-state index in [-0.39, 0.29) is 5.60 Å². The van der Waals surface area contributed by atoms with Crippen LogP contribution in [0.25, 0.3) is 0 Å². The van der Waals surface area contributed by atoms with Crippen LogP contribution in [0.1, 0.15) is 41.8 Å². The maximum absolute atomic E-state index is 13.0. The van der Waals surface area contributed by atoms with Crippen LogP contribution in [0, 0.1) is 25.2 Å². The molecule has 2 aliphatic heterocycles. The molecule has 0 bridgehead atoms. The Hall–Kier alpha value is -2.47. The summed E-state index contributed by atoms with van der Waals surface area (Å²) in [6.45, 7) is 10.3. The quantitative estimate of drug-likeness (QED) is 0.730. The fourth-order valence-electron chi connectivity index (χ4n) is 4.34. The number of piperazine rings is 1. The highest BCUT2D eigenvalue weighted by Crippen LogP contribution is 2.34. The molecule has 1 saturated heterocycles. The van der Waals surface area contributed by atoms with E-state index >= 15 is 0 Å². The van der Waals surface area contributed by atoms with Crippen molar-refractivity contribution in [1.82, 2.24) is 4.31 Å². The van der Waals surface area contributed by atoms with E-state index in [1.807, 2.05) is 39.8 Å². The third-order valence-corrected chi connectivity index (χ3v) is 8.11. The molecule has 0 amide bonds. The van der Waals surface area contributed by atoms with Crippen molar-refractivity contribution in [3.8, 4) is 6.07 Å². The number of nitrogens with zero attached hydrogens (tertiary/aromatic N) is 3. The molecule has 1 N–H and O–H groups in total. The maximum atomic E-state index is 13.0. The number of aryl methyl sites for hydroxylation is 2. The van der Waals surface area contributed by atoms with Crippen LogP contribution in [-0.2, 0) is 27.8 Å². The molecule has 0 saturated carbocycles. The van der Waals surface area contributed by atoms with E-state index in [0.29, 0.717) is 49.7 Å². The highest BCUT2D eigenvalue weighted by molar-refractivity contribution is 7.89. The first-order chi connectivity index (χ1) is 14.6. The zero-order valence-corrected chi connectivity index (χ0v) is 19.3. The second kappa shape index (κ2) is 7.90. The fraction of sp³-hybridized carbons (Fsp3) is 0.478. The number of hydrogen-bond acceptors (Lipinski definition) is 5. The summed E-state index contributed by atoms with van der Waals surface area (Å²) in [6, 6.07) is 9.36. The van der Waals surface area contributed by atoms with Crippen LogP contribution in [0.5, 0.6) is 0 Å². The number of H-pyrrole nitrogens is 1. The first-order valence-corrected chi connectivity index (χ1v) is 12.0. The molecule has 0 aliphatic carbocycles. The third-order valence-electron chi connectivity index (χ3n) is 6.20. The zero-order chi connectivity index (χ0) is 22.4. The monoisotopic (exact) mass is 441 g/mol. The van der Waals surface area contributed by atoms with Crippen LogP contribution in [0.4, 0.5) is 5.82 Å². The molecule has 1 aromatic heterocycles. The number of nitriles is 1. The number of benzene rings is 1. The minimum absolute atomic E-state index is 0.315. The van der Waals surface area contributed by atoms with Gasteiger partial charge in [-0.15, -0.1) is 0 Å². The lowest BCUT2D eigenvalue weighted by Crippen LogP contribution is -2.50. The number of hydrogen-bond donors (Lipinski definition) is 0. The summed E-state index contributed by atoms with van der Waals surface area (Å²) >= 11 is 0. The van der Waals surface area contributed by atoms with E-state index in [1.54, 1.807) is 12.1 Å². The number of anilines is 1. The molecule has 1 fully saturated rings. The first kappa shape index (κ1) is 21.8. The molecule has 4 rings (SSSR count). The predicted octanol–water partition coefficient (Wildman–Crippen LogP) is 2.35. The van der Waals surface area contributed by atoms with Gasteiger partial charge in [-0.25, -0.2) is 13.4 Å². The molecule has 7 nitrogen and oxygen atoms in total. The largest absolute Gasteiger partial charge is 0.370 e. The second-order valence-electron chi connectivity index (χ2n) is 8.97. The second-order valence-corrected chi connectivity index (χ2v) is 10.9. The van der Waals surface area contributed by atoms with Gasteiger partial charge < -0.3 is 4.74 Å². The van der Waals surface area contributed by atoms with Crippen molar-refractivity contribution in [3.05, 3.63) is 52.2 Å². The molecule has 0 unspecified atom stereocenters. The number of fused-ring (bicyclic) bond motifs is 1. The normalized spacial score (nSPS) is 19.0. The van der Waals surface area contributed by atoms with Crippen LogP contribution in [-0.4, -0.2) is 44.5 Å². The summed E-state index contributed by atoms with van der Waals surface area (Å²) in [5.74, 6) is 0.781. The molecule has 0 spiro atoms. The van der Waals surface area contributed by atoms with Crippen molar-refractivity contribution < 1.29 is 18.1 Å². The van der Waals surface area contributed by atoms with Gasteiger partial charge in [0.05, 0.1) is 43.3 Å². The van der Waals surface area contributed by atoms with E-state index in [1.165, 1.54) is 4.31 Å². The van der Waals surface area contributed by atoms with E-state index in [0.717, 1.165) is 28.2 Å². The molecule has 8 heteroatoms. The Balaban J connectivity index is 1.59. The predicted molar refractivity (Wildman–Crippen MR) is 117 cm³/mol.